The fraction of sp³-hybridized carbons (Fsp3) is 0.364. The van der Waals surface area contributed by atoms with Crippen molar-refractivity contribution in [3.05, 3.63) is 29.8 Å². The molecule has 0 saturated heterocycles. The van der Waals surface area contributed by atoms with Crippen molar-refractivity contribution >= 4 is 5.97 Å². The van der Waals surface area contributed by atoms with E-state index in [9.17, 15) is 4.79 Å². The Bertz CT molecular complexity index is 346. The van der Waals surface area contributed by atoms with E-state index in [2.05, 4.69) is 0 Å². The first-order valence-corrected chi connectivity index (χ1v) is 4.63. The van der Waals surface area contributed by atoms with Crippen molar-refractivity contribution < 1.29 is 14.3 Å². The molecule has 0 fully saturated rings. The summed E-state index contributed by atoms with van der Waals surface area (Å²) >= 11 is 0. The lowest BCUT2D eigenvalue weighted by Gasteiger charge is -2.24. The number of hydrogen-bond donors (Lipinski definition) is 0. The van der Waals surface area contributed by atoms with Gasteiger partial charge in [0.05, 0.1) is 0 Å². The van der Waals surface area contributed by atoms with Crippen molar-refractivity contribution in [3.63, 3.8) is 0 Å². The third-order valence-corrected chi connectivity index (χ3v) is 2.18. The van der Waals surface area contributed by atoms with Gasteiger partial charge in [0.1, 0.15) is 18.5 Å². The van der Waals surface area contributed by atoms with Gasteiger partial charge in [-0.05, 0) is 11.6 Å². The van der Waals surface area contributed by atoms with Crippen molar-refractivity contribution in [2.24, 2.45) is 0 Å². The Morgan fingerprint density at radius 3 is 3.07 bits per heavy atom. The Balaban J connectivity index is 2.09. The van der Waals surface area contributed by atoms with Gasteiger partial charge in [-0.1, -0.05) is 18.2 Å². The highest BCUT2D eigenvalue weighted by Gasteiger charge is 2.21. The Hall–Kier alpha value is -1.51. The molecule has 74 valence electrons. The molecule has 1 aliphatic heterocycles. The van der Waals surface area contributed by atoms with E-state index in [1.54, 1.807) is 0 Å². The molecule has 3 nitrogen and oxygen atoms in total. The maximum atomic E-state index is 10.7. The molecule has 0 spiro atoms. The summed E-state index contributed by atoms with van der Waals surface area (Å²) in [6.45, 7) is 1.87. The van der Waals surface area contributed by atoms with Gasteiger partial charge in [0.15, 0.2) is 0 Å². The molecular formula is C11H12O3. The summed E-state index contributed by atoms with van der Waals surface area (Å²) in [5, 5.41) is 0. The van der Waals surface area contributed by atoms with Gasteiger partial charge < -0.3 is 9.47 Å². The molecule has 0 bridgehead atoms. The normalized spacial score (nSPS) is 19.4. The van der Waals surface area contributed by atoms with E-state index in [1.165, 1.54) is 6.92 Å². The fourth-order valence-electron chi connectivity index (χ4n) is 1.61. The Kier molecular flexibility index (Phi) is 2.39. The number of para-hydroxylation sites is 1. The zero-order chi connectivity index (χ0) is 9.97. The predicted molar refractivity (Wildman–Crippen MR) is 51.2 cm³/mol. The van der Waals surface area contributed by atoms with Gasteiger partial charge in [0.2, 0.25) is 0 Å². The van der Waals surface area contributed by atoms with Crippen LogP contribution in [0.25, 0.3) is 0 Å². The zero-order valence-corrected chi connectivity index (χ0v) is 8.03. The van der Waals surface area contributed by atoms with Crippen LogP contribution in [0.4, 0.5) is 0 Å². The molecule has 0 saturated carbocycles. The average Bonchev–Trinajstić information content (AvgIpc) is 2.17. The third-order valence-electron chi connectivity index (χ3n) is 2.18. The number of carbonyl (C=O) groups is 1. The van der Waals surface area contributed by atoms with Gasteiger partial charge in [0, 0.05) is 13.3 Å². The van der Waals surface area contributed by atoms with E-state index in [0.29, 0.717) is 6.61 Å². The van der Waals surface area contributed by atoms with E-state index in [0.717, 1.165) is 17.7 Å². The lowest BCUT2D eigenvalue weighted by molar-refractivity contribution is -0.148. The summed E-state index contributed by atoms with van der Waals surface area (Å²) in [6.07, 6.45) is 0.609. The molecule has 1 heterocycles. The van der Waals surface area contributed by atoms with Crippen LogP contribution < -0.4 is 4.74 Å². The molecule has 0 amide bonds. The van der Waals surface area contributed by atoms with Gasteiger partial charge >= 0.3 is 5.97 Å². The number of benzene rings is 1. The molecule has 2 rings (SSSR count). The first-order valence-electron chi connectivity index (χ1n) is 4.63. The maximum absolute atomic E-state index is 10.7. The third kappa shape index (κ3) is 1.87. The molecule has 0 radical (unpaired) electrons. The average molecular weight is 192 g/mol. The standard InChI is InChI=1S/C11H12O3/c1-8(12)14-10-6-9-4-2-3-5-11(9)13-7-10/h2-5,10H,6-7H2,1H3. The van der Waals surface area contributed by atoms with Gasteiger partial charge in [-0.25, -0.2) is 0 Å². The van der Waals surface area contributed by atoms with E-state index < -0.39 is 0 Å². The van der Waals surface area contributed by atoms with Crippen molar-refractivity contribution in [1.82, 2.24) is 0 Å². The molecule has 1 aromatic rings. The number of rotatable bonds is 1. The fourth-order valence-corrected chi connectivity index (χ4v) is 1.61. The monoisotopic (exact) mass is 192 g/mol. The number of esters is 1. The second kappa shape index (κ2) is 3.70. The second-order valence-electron chi connectivity index (χ2n) is 3.35. The van der Waals surface area contributed by atoms with Gasteiger partial charge in [-0.15, -0.1) is 0 Å². The van der Waals surface area contributed by atoms with Crippen LogP contribution in [0.2, 0.25) is 0 Å². The molecule has 0 aliphatic carbocycles. The minimum Gasteiger partial charge on any atom is -0.489 e. The molecule has 1 aromatic carbocycles. The highest BCUT2D eigenvalue weighted by atomic mass is 16.6. The maximum Gasteiger partial charge on any atom is 0.303 e. The molecule has 1 aliphatic rings. The van der Waals surface area contributed by atoms with Crippen LogP contribution in [-0.4, -0.2) is 18.7 Å². The Morgan fingerprint density at radius 1 is 1.50 bits per heavy atom. The lowest BCUT2D eigenvalue weighted by atomic mass is 10.0. The minimum atomic E-state index is -0.252. The van der Waals surface area contributed by atoms with Crippen molar-refractivity contribution in [3.8, 4) is 5.75 Å². The smallest absolute Gasteiger partial charge is 0.303 e. The molecular weight excluding hydrogens is 180 g/mol. The zero-order valence-electron chi connectivity index (χ0n) is 8.03. The van der Waals surface area contributed by atoms with Crippen molar-refractivity contribution in [2.45, 2.75) is 19.4 Å². The first-order chi connectivity index (χ1) is 6.75. The summed E-state index contributed by atoms with van der Waals surface area (Å²) < 4.78 is 10.5. The van der Waals surface area contributed by atoms with Crippen LogP contribution in [0, 0.1) is 0 Å². The summed E-state index contributed by atoms with van der Waals surface area (Å²) in [4.78, 5) is 10.7. The first kappa shape index (κ1) is 9.06. The van der Waals surface area contributed by atoms with Crippen LogP contribution in [0.5, 0.6) is 5.75 Å². The SMILES string of the molecule is CC(=O)OC1COc2ccccc2C1. The molecule has 14 heavy (non-hydrogen) atoms. The van der Waals surface area contributed by atoms with Crippen molar-refractivity contribution in [1.29, 1.82) is 0 Å². The highest BCUT2D eigenvalue weighted by molar-refractivity contribution is 5.66. The quantitative estimate of drug-likeness (QED) is 0.633. The van der Waals surface area contributed by atoms with E-state index in [-0.39, 0.29) is 12.1 Å². The molecule has 0 N–H and O–H groups in total. The van der Waals surface area contributed by atoms with E-state index in [1.807, 2.05) is 24.3 Å². The van der Waals surface area contributed by atoms with Crippen LogP contribution in [0.3, 0.4) is 0 Å². The van der Waals surface area contributed by atoms with Crippen molar-refractivity contribution in [2.75, 3.05) is 6.61 Å². The Labute approximate surface area is 82.6 Å². The summed E-state index contributed by atoms with van der Waals surface area (Å²) in [5.41, 5.74) is 1.10. The largest absolute Gasteiger partial charge is 0.489 e. The number of ether oxygens (including phenoxy) is 2. The molecule has 3 heteroatoms. The number of carbonyl (C=O) groups excluding carboxylic acids is 1. The predicted octanol–water partition coefficient (Wildman–Crippen LogP) is 1.55. The van der Waals surface area contributed by atoms with Crippen LogP contribution in [0.1, 0.15) is 12.5 Å². The summed E-state index contributed by atoms with van der Waals surface area (Å²) in [6, 6.07) is 7.81. The van der Waals surface area contributed by atoms with Gasteiger partial charge in [0.25, 0.3) is 0 Å². The molecule has 1 unspecified atom stereocenters. The minimum absolute atomic E-state index is 0.137. The van der Waals surface area contributed by atoms with Gasteiger partial charge in [-0.2, -0.15) is 0 Å². The number of hydrogen-bond acceptors (Lipinski definition) is 3. The van der Waals surface area contributed by atoms with E-state index in [4.69, 9.17) is 9.47 Å². The lowest BCUT2D eigenvalue weighted by Crippen LogP contribution is -2.30. The van der Waals surface area contributed by atoms with Crippen LogP contribution in [0.15, 0.2) is 24.3 Å². The highest BCUT2D eigenvalue weighted by Crippen LogP contribution is 2.24. The second-order valence-corrected chi connectivity index (χ2v) is 3.35. The molecule has 1 atom stereocenters. The summed E-state index contributed by atoms with van der Waals surface area (Å²) in [7, 11) is 0. The van der Waals surface area contributed by atoms with Gasteiger partial charge in [-0.3, -0.25) is 4.79 Å². The van der Waals surface area contributed by atoms with E-state index >= 15 is 0 Å². The molecule has 0 aromatic heterocycles. The summed E-state index contributed by atoms with van der Waals surface area (Å²) in [5.74, 6) is 0.647. The topological polar surface area (TPSA) is 35.5 Å². The number of fused-ring (bicyclic) bond motifs is 1. The van der Waals surface area contributed by atoms with Crippen LogP contribution >= 0.6 is 0 Å². The Morgan fingerprint density at radius 2 is 2.29 bits per heavy atom. The van der Waals surface area contributed by atoms with Crippen LogP contribution in [-0.2, 0) is 16.0 Å².